The molecule has 1 aliphatic heterocycles. The number of likely N-dealkylation sites (tertiary alicyclic amines) is 1. The van der Waals surface area contributed by atoms with Crippen LogP contribution in [0.2, 0.25) is 0 Å². The highest BCUT2D eigenvalue weighted by molar-refractivity contribution is 5.90. The molecule has 8 nitrogen and oxygen atoms in total. The fraction of sp³-hybridized carbons (Fsp3) is 0.316. The third-order valence-electron chi connectivity index (χ3n) is 4.35. The summed E-state index contributed by atoms with van der Waals surface area (Å²) in [5, 5.41) is 11.8. The van der Waals surface area contributed by atoms with Crippen LogP contribution in [0.5, 0.6) is 5.75 Å². The van der Waals surface area contributed by atoms with E-state index in [-0.39, 0.29) is 24.8 Å². The molecule has 0 unspecified atom stereocenters. The maximum absolute atomic E-state index is 11.0. The predicted octanol–water partition coefficient (Wildman–Crippen LogP) is 2.53. The number of carbonyl (C=O) groups excluding carboxylic acids is 1. The van der Waals surface area contributed by atoms with E-state index < -0.39 is 5.91 Å². The van der Waals surface area contributed by atoms with Crippen molar-refractivity contribution >= 4 is 42.6 Å². The number of ether oxygens (including phenoxy) is 1. The van der Waals surface area contributed by atoms with E-state index in [1.807, 2.05) is 12.1 Å². The van der Waals surface area contributed by atoms with E-state index in [0.717, 1.165) is 31.8 Å². The summed E-state index contributed by atoms with van der Waals surface area (Å²) in [6, 6.07) is 8.45. The zero-order valence-corrected chi connectivity index (χ0v) is 17.6. The summed E-state index contributed by atoms with van der Waals surface area (Å²) in [7, 11) is 1.68. The third kappa shape index (κ3) is 7.51. The Kier molecular flexibility index (Phi) is 10.4. The molecule has 1 fully saturated rings. The van der Waals surface area contributed by atoms with E-state index in [4.69, 9.17) is 9.94 Å². The summed E-state index contributed by atoms with van der Waals surface area (Å²) >= 11 is 0. The molecule has 2 aromatic rings. The lowest BCUT2D eigenvalue weighted by atomic mass is 10.2. The van der Waals surface area contributed by atoms with Gasteiger partial charge in [0.15, 0.2) is 0 Å². The summed E-state index contributed by atoms with van der Waals surface area (Å²) in [4.78, 5) is 21.9. The van der Waals surface area contributed by atoms with Gasteiger partial charge in [0, 0.05) is 31.8 Å². The normalized spacial score (nSPS) is 16.0. The van der Waals surface area contributed by atoms with Crippen molar-refractivity contribution in [2.24, 2.45) is 0 Å². The van der Waals surface area contributed by atoms with Gasteiger partial charge in [0.1, 0.15) is 11.6 Å². The minimum Gasteiger partial charge on any atom is -0.497 e. The monoisotopic (exact) mass is 441 g/mol. The molecule has 1 atom stereocenters. The zero-order valence-electron chi connectivity index (χ0n) is 15.9. The van der Waals surface area contributed by atoms with Crippen molar-refractivity contribution < 1.29 is 14.7 Å². The molecule has 1 aromatic carbocycles. The van der Waals surface area contributed by atoms with Crippen LogP contribution in [0.25, 0.3) is 6.08 Å². The Bertz CT molecular complexity index is 805. The molecular weight excluding hydrogens is 417 g/mol. The Morgan fingerprint density at radius 2 is 2.17 bits per heavy atom. The minimum atomic E-state index is -0.610. The Morgan fingerprint density at radius 1 is 1.34 bits per heavy atom. The molecule has 1 saturated heterocycles. The number of nitrogens with one attached hydrogen (secondary N) is 2. The topological polar surface area (TPSA) is 99.6 Å². The van der Waals surface area contributed by atoms with Gasteiger partial charge in [-0.15, -0.1) is 24.8 Å². The van der Waals surface area contributed by atoms with Crippen molar-refractivity contribution in [3.63, 3.8) is 0 Å². The number of carbonyl (C=O) groups is 1. The molecule has 0 bridgehead atoms. The van der Waals surface area contributed by atoms with Crippen molar-refractivity contribution in [2.75, 3.05) is 25.5 Å². The number of anilines is 1. The highest BCUT2D eigenvalue weighted by Gasteiger charge is 2.22. The van der Waals surface area contributed by atoms with E-state index >= 15 is 0 Å². The van der Waals surface area contributed by atoms with Gasteiger partial charge in [-0.2, -0.15) is 0 Å². The van der Waals surface area contributed by atoms with Crippen molar-refractivity contribution in [1.82, 2.24) is 20.3 Å². The predicted molar refractivity (Wildman–Crippen MR) is 116 cm³/mol. The van der Waals surface area contributed by atoms with Crippen LogP contribution in [0, 0.1) is 0 Å². The molecular formula is C19H25Cl2N5O3. The average Bonchev–Trinajstić information content (AvgIpc) is 3.14. The number of hydrogen-bond donors (Lipinski definition) is 3. The first kappa shape index (κ1) is 24.6. The SMILES string of the molecule is COc1cccc(CN2CC[C@@H](Nc3cnc(/C=C/C(=O)NO)cn3)C2)c1.Cl.Cl. The molecule has 10 heteroatoms. The summed E-state index contributed by atoms with van der Waals surface area (Å²) < 4.78 is 5.28. The number of aromatic nitrogens is 2. The van der Waals surface area contributed by atoms with Crippen LogP contribution in [0.4, 0.5) is 5.82 Å². The van der Waals surface area contributed by atoms with Gasteiger partial charge in [-0.1, -0.05) is 12.1 Å². The van der Waals surface area contributed by atoms with Gasteiger partial charge in [0.05, 0.1) is 25.2 Å². The summed E-state index contributed by atoms with van der Waals surface area (Å²) in [6.45, 7) is 2.83. The van der Waals surface area contributed by atoms with Crippen molar-refractivity contribution in [1.29, 1.82) is 0 Å². The second-order valence-electron chi connectivity index (χ2n) is 6.35. The number of amides is 1. The number of hydrogen-bond acceptors (Lipinski definition) is 7. The smallest absolute Gasteiger partial charge is 0.267 e. The van der Waals surface area contributed by atoms with Crippen LogP contribution >= 0.6 is 24.8 Å². The highest BCUT2D eigenvalue weighted by atomic mass is 35.5. The van der Waals surface area contributed by atoms with Gasteiger partial charge in [0.2, 0.25) is 0 Å². The van der Waals surface area contributed by atoms with Gasteiger partial charge in [-0.3, -0.25) is 19.9 Å². The first-order chi connectivity index (χ1) is 13.2. The first-order valence-corrected chi connectivity index (χ1v) is 8.72. The van der Waals surface area contributed by atoms with Crippen molar-refractivity contribution in [2.45, 2.75) is 19.0 Å². The van der Waals surface area contributed by atoms with Gasteiger partial charge >= 0.3 is 0 Å². The summed E-state index contributed by atoms with van der Waals surface area (Å²) in [5.41, 5.74) is 3.30. The number of nitrogens with zero attached hydrogens (tertiary/aromatic N) is 3. The van der Waals surface area contributed by atoms with Crippen LogP contribution in [-0.2, 0) is 11.3 Å². The molecule has 158 valence electrons. The van der Waals surface area contributed by atoms with Crippen LogP contribution in [0.15, 0.2) is 42.7 Å². The van der Waals surface area contributed by atoms with Gasteiger partial charge in [0.25, 0.3) is 5.91 Å². The molecule has 3 N–H and O–H groups in total. The molecule has 2 heterocycles. The number of benzene rings is 1. The lowest BCUT2D eigenvalue weighted by Gasteiger charge is -2.17. The maximum atomic E-state index is 11.0. The van der Waals surface area contributed by atoms with Crippen LogP contribution in [0.1, 0.15) is 17.7 Å². The Hall–Kier alpha value is -2.39. The van der Waals surface area contributed by atoms with E-state index in [1.165, 1.54) is 23.2 Å². The quantitative estimate of drug-likeness (QED) is 0.344. The van der Waals surface area contributed by atoms with Crippen LogP contribution in [0.3, 0.4) is 0 Å². The number of rotatable bonds is 7. The van der Waals surface area contributed by atoms with E-state index in [1.54, 1.807) is 19.5 Å². The molecule has 1 aromatic heterocycles. The zero-order chi connectivity index (χ0) is 19.1. The highest BCUT2D eigenvalue weighted by Crippen LogP contribution is 2.19. The maximum Gasteiger partial charge on any atom is 0.267 e. The molecule has 3 rings (SSSR count). The second-order valence-corrected chi connectivity index (χ2v) is 6.35. The molecule has 29 heavy (non-hydrogen) atoms. The molecule has 0 spiro atoms. The Balaban J connectivity index is 0.00000210. The lowest BCUT2D eigenvalue weighted by Crippen LogP contribution is -2.26. The van der Waals surface area contributed by atoms with Gasteiger partial charge < -0.3 is 10.1 Å². The Morgan fingerprint density at radius 3 is 2.86 bits per heavy atom. The fourth-order valence-corrected chi connectivity index (χ4v) is 3.03. The van der Waals surface area contributed by atoms with E-state index in [9.17, 15) is 4.79 Å². The first-order valence-electron chi connectivity index (χ1n) is 8.72. The lowest BCUT2D eigenvalue weighted by molar-refractivity contribution is -0.124. The minimum absolute atomic E-state index is 0. The van der Waals surface area contributed by atoms with Crippen LogP contribution in [-0.4, -0.2) is 52.2 Å². The van der Waals surface area contributed by atoms with Gasteiger partial charge in [-0.25, -0.2) is 10.5 Å². The van der Waals surface area contributed by atoms with E-state index in [2.05, 4.69) is 32.3 Å². The standard InChI is InChI=1S/C19H23N5O3.2ClH/c1-27-17-4-2-3-14(9-17)12-24-8-7-16(13-24)22-18-11-20-15(10-21-18)5-6-19(25)23-26;;/h2-6,9-11,16,26H,7-8,12-13H2,1H3,(H,21,22)(H,23,25);2*1H/b6-5+;;/t16-;;/m1../s1. The number of halogens is 2. The molecule has 1 amide bonds. The summed E-state index contributed by atoms with van der Waals surface area (Å²) in [5.74, 6) is 0.968. The van der Waals surface area contributed by atoms with Gasteiger partial charge in [-0.05, 0) is 30.2 Å². The van der Waals surface area contributed by atoms with E-state index in [0.29, 0.717) is 17.6 Å². The third-order valence-corrected chi connectivity index (χ3v) is 4.35. The number of methoxy groups -OCH3 is 1. The molecule has 0 saturated carbocycles. The molecule has 1 aliphatic rings. The van der Waals surface area contributed by atoms with Crippen molar-refractivity contribution in [3.8, 4) is 5.75 Å². The Labute approximate surface area is 182 Å². The molecule has 0 radical (unpaired) electrons. The largest absolute Gasteiger partial charge is 0.497 e. The average molecular weight is 442 g/mol. The van der Waals surface area contributed by atoms with Crippen molar-refractivity contribution in [3.05, 3.63) is 54.0 Å². The second kappa shape index (κ2) is 12.2. The van der Waals surface area contributed by atoms with Crippen LogP contribution < -0.4 is 15.5 Å². The fourth-order valence-electron chi connectivity index (χ4n) is 3.03. The summed E-state index contributed by atoms with van der Waals surface area (Å²) in [6.07, 6.45) is 6.91. The molecule has 0 aliphatic carbocycles. The number of hydroxylamine groups is 1.